The molecule has 0 unspecified atom stereocenters. The molecule has 0 amide bonds. The van der Waals surface area contributed by atoms with Crippen LogP contribution in [0.25, 0.3) is 0 Å². The van der Waals surface area contributed by atoms with Gasteiger partial charge in [0.05, 0.1) is 0 Å². The third-order valence-corrected chi connectivity index (χ3v) is 5.13. The zero-order chi connectivity index (χ0) is 17.5. The van der Waals surface area contributed by atoms with Gasteiger partial charge < -0.3 is 14.6 Å². The number of imidazole rings is 1. The molecule has 5 nitrogen and oxygen atoms in total. The first-order valence-electron chi connectivity index (χ1n) is 9.29. The van der Waals surface area contributed by atoms with E-state index in [1.54, 1.807) is 6.20 Å². The van der Waals surface area contributed by atoms with Crippen LogP contribution in [-0.4, -0.2) is 41.1 Å². The van der Waals surface area contributed by atoms with Gasteiger partial charge in [0.2, 0.25) is 0 Å². The Kier molecular flexibility index (Phi) is 6.48. The van der Waals surface area contributed by atoms with Gasteiger partial charge in [-0.05, 0) is 69.6 Å². The Morgan fingerprint density at radius 1 is 1.20 bits per heavy atom. The summed E-state index contributed by atoms with van der Waals surface area (Å²) in [5, 5.41) is 3.26. The normalized spacial score (nSPS) is 16.2. The Morgan fingerprint density at radius 2 is 1.96 bits per heavy atom. The minimum atomic E-state index is 0.503. The number of aryl methyl sites for hydroxylation is 1. The van der Waals surface area contributed by atoms with E-state index in [0.29, 0.717) is 6.61 Å². The molecule has 0 saturated carbocycles. The van der Waals surface area contributed by atoms with Gasteiger partial charge in [0.25, 0.3) is 0 Å². The number of ether oxygens (including phenoxy) is 1. The third-order valence-electron chi connectivity index (χ3n) is 5.13. The van der Waals surface area contributed by atoms with Crippen LogP contribution in [0.15, 0.2) is 36.7 Å². The zero-order valence-electron chi connectivity index (χ0n) is 15.4. The van der Waals surface area contributed by atoms with Gasteiger partial charge in [-0.3, -0.25) is 4.90 Å². The molecule has 25 heavy (non-hydrogen) atoms. The molecule has 0 bridgehead atoms. The topological polar surface area (TPSA) is 42.3 Å². The van der Waals surface area contributed by atoms with Gasteiger partial charge in [0.1, 0.15) is 18.2 Å². The van der Waals surface area contributed by atoms with E-state index in [4.69, 9.17) is 4.74 Å². The number of hydrogen-bond donors (Lipinski definition) is 1. The molecule has 1 aliphatic rings. The zero-order valence-corrected chi connectivity index (χ0v) is 15.4. The van der Waals surface area contributed by atoms with E-state index in [2.05, 4.69) is 39.5 Å². The van der Waals surface area contributed by atoms with Crippen LogP contribution in [0.3, 0.4) is 0 Å². The maximum Gasteiger partial charge on any atom is 0.146 e. The summed E-state index contributed by atoms with van der Waals surface area (Å²) in [6.07, 6.45) is 7.69. The van der Waals surface area contributed by atoms with Gasteiger partial charge in [0, 0.05) is 26.0 Å². The Morgan fingerprint density at radius 3 is 2.60 bits per heavy atom. The first-order valence-corrected chi connectivity index (χ1v) is 9.29. The molecule has 1 aromatic carbocycles. The lowest BCUT2D eigenvalue weighted by Crippen LogP contribution is -2.34. The van der Waals surface area contributed by atoms with E-state index < -0.39 is 0 Å². The van der Waals surface area contributed by atoms with Crippen molar-refractivity contribution in [3.63, 3.8) is 0 Å². The average Bonchev–Trinajstić information content (AvgIpc) is 3.05. The Labute approximate surface area is 151 Å². The van der Waals surface area contributed by atoms with Crippen molar-refractivity contribution in [2.24, 2.45) is 13.0 Å². The van der Waals surface area contributed by atoms with E-state index in [1.165, 1.54) is 37.9 Å². The maximum absolute atomic E-state index is 5.82. The largest absolute Gasteiger partial charge is 0.486 e. The van der Waals surface area contributed by atoms with E-state index in [1.807, 2.05) is 24.9 Å². The number of rotatable bonds is 8. The molecule has 136 valence electrons. The monoisotopic (exact) mass is 342 g/mol. The molecule has 0 aliphatic carbocycles. The molecular formula is C20H30N4O. The molecule has 5 heteroatoms. The predicted molar refractivity (Wildman–Crippen MR) is 101 cm³/mol. The second-order valence-electron chi connectivity index (χ2n) is 7.00. The Hall–Kier alpha value is -1.85. The van der Waals surface area contributed by atoms with E-state index >= 15 is 0 Å². The van der Waals surface area contributed by atoms with Crippen LogP contribution >= 0.6 is 0 Å². The number of benzene rings is 1. The van der Waals surface area contributed by atoms with E-state index in [0.717, 1.165) is 30.6 Å². The van der Waals surface area contributed by atoms with Crippen molar-refractivity contribution in [2.75, 3.05) is 26.7 Å². The molecule has 2 heterocycles. The molecule has 3 rings (SSSR count). The molecule has 1 aromatic heterocycles. The number of likely N-dealkylation sites (tertiary alicyclic amines) is 1. The predicted octanol–water partition coefficient (Wildman–Crippen LogP) is 2.82. The highest BCUT2D eigenvalue weighted by molar-refractivity contribution is 5.27. The summed E-state index contributed by atoms with van der Waals surface area (Å²) in [6.45, 7) is 5.11. The molecule has 1 fully saturated rings. The SMILES string of the molecule is CNCCC1CCN(Cc2ccc(OCc3nccn3C)cc2)CC1. The summed E-state index contributed by atoms with van der Waals surface area (Å²) in [4.78, 5) is 6.85. The summed E-state index contributed by atoms with van der Waals surface area (Å²) < 4.78 is 7.81. The van der Waals surface area contributed by atoms with Crippen LogP contribution < -0.4 is 10.1 Å². The lowest BCUT2D eigenvalue weighted by atomic mass is 9.93. The molecular weight excluding hydrogens is 312 g/mol. The maximum atomic E-state index is 5.82. The van der Waals surface area contributed by atoms with Crippen LogP contribution in [-0.2, 0) is 20.2 Å². The summed E-state index contributed by atoms with van der Waals surface area (Å²) in [5.74, 6) is 2.73. The fraction of sp³-hybridized carbons (Fsp3) is 0.550. The van der Waals surface area contributed by atoms with E-state index in [9.17, 15) is 0 Å². The molecule has 0 atom stereocenters. The number of nitrogens with one attached hydrogen (secondary N) is 1. The standard InChI is InChI=1S/C20H30N4O/c1-21-10-7-17-8-12-24(13-9-17)15-18-3-5-19(6-4-18)25-16-20-22-11-14-23(20)2/h3-6,11,14,17,21H,7-10,12-13,15-16H2,1-2H3. The van der Waals surface area contributed by atoms with Crippen molar-refractivity contribution < 1.29 is 4.74 Å². The van der Waals surface area contributed by atoms with Crippen molar-refractivity contribution in [1.82, 2.24) is 19.8 Å². The molecule has 2 aromatic rings. The van der Waals surface area contributed by atoms with Crippen molar-refractivity contribution >= 4 is 0 Å². The number of hydrogen-bond acceptors (Lipinski definition) is 4. The lowest BCUT2D eigenvalue weighted by Gasteiger charge is -2.32. The Bertz CT molecular complexity index is 629. The second kappa shape index (κ2) is 9.02. The minimum absolute atomic E-state index is 0.503. The summed E-state index contributed by atoms with van der Waals surface area (Å²) in [5.41, 5.74) is 1.36. The quantitative estimate of drug-likeness (QED) is 0.801. The first-order chi connectivity index (χ1) is 12.2. The number of nitrogens with zero attached hydrogens (tertiary/aromatic N) is 3. The summed E-state index contributed by atoms with van der Waals surface area (Å²) in [6, 6.07) is 8.50. The third kappa shape index (κ3) is 5.31. The molecule has 0 radical (unpaired) electrons. The second-order valence-corrected chi connectivity index (χ2v) is 7.00. The molecule has 1 N–H and O–H groups in total. The minimum Gasteiger partial charge on any atom is -0.486 e. The number of piperidine rings is 1. The lowest BCUT2D eigenvalue weighted by molar-refractivity contribution is 0.172. The van der Waals surface area contributed by atoms with Crippen molar-refractivity contribution in [3.8, 4) is 5.75 Å². The molecule has 0 spiro atoms. The van der Waals surface area contributed by atoms with Crippen LogP contribution in [0.1, 0.15) is 30.7 Å². The van der Waals surface area contributed by atoms with Gasteiger partial charge in [-0.15, -0.1) is 0 Å². The van der Waals surface area contributed by atoms with Crippen molar-refractivity contribution in [2.45, 2.75) is 32.4 Å². The first kappa shape index (κ1) is 18.0. The highest BCUT2D eigenvalue weighted by atomic mass is 16.5. The molecule has 1 aliphatic heterocycles. The van der Waals surface area contributed by atoms with Crippen molar-refractivity contribution in [3.05, 3.63) is 48.0 Å². The van der Waals surface area contributed by atoms with Gasteiger partial charge in [-0.1, -0.05) is 12.1 Å². The van der Waals surface area contributed by atoms with E-state index in [-0.39, 0.29) is 0 Å². The van der Waals surface area contributed by atoms with Gasteiger partial charge in [0.15, 0.2) is 0 Å². The Balaban J connectivity index is 1.43. The van der Waals surface area contributed by atoms with Gasteiger partial charge in [-0.25, -0.2) is 4.98 Å². The van der Waals surface area contributed by atoms with Gasteiger partial charge >= 0.3 is 0 Å². The fourth-order valence-corrected chi connectivity index (χ4v) is 3.41. The highest BCUT2D eigenvalue weighted by Gasteiger charge is 2.18. The number of aromatic nitrogens is 2. The summed E-state index contributed by atoms with van der Waals surface area (Å²) >= 11 is 0. The molecule has 1 saturated heterocycles. The van der Waals surface area contributed by atoms with Crippen molar-refractivity contribution in [1.29, 1.82) is 0 Å². The average molecular weight is 342 g/mol. The van der Waals surface area contributed by atoms with Crippen LogP contribution in [0.4, 0.5) is 0 Å². The van der Waals surface area contributed by atoms with Crippen LogP contribution in [0.5, 0.6) is 5.75 Å². The fourth-order valence-electron chi connectivity index (χ4n) is 3.41. The smallest absolute Gasteiger partial charge is 0.146 e. The van der Waals surface area contributed by atoms with Crippen LogP contribution in [0, 0.1) is 5.92 Å². The summed E-state index contributed by atoms with van der Waals surface area (Å²) in [7, 11) is 4.02. The highest BCUT2D eigenvalue weighted by Crippen LogP contribution is 2.22. The van der Waals surface area contributed by atoms with Gasteiger partial charge in [-0.2, -0.15) is 0 Å². The van der Waals surface area contributed by atoms with Crippen LogP contribution in [0.2, 0.25) is 0 Å².